The second-order valence-corrected chi connectivity index (χ2v) is 10.7. The Labute approximate surface area is 176 Å². The van der Waals surface area contributed by atoms with Gasteiger partial charge in [-0.25, -0.2) is 25.9 Å². The smallest absolute Gasteiger partial charge is 0.219 e. The predicted octanol–water partition coefficient (Wildman–Crippen LogP) is 4.05. The van der Waals surface area contributed by atoms with E-state index in [4.69, 9.17) is 0 Å². The lowest BCUT2D eigenvalue weighted by Gasteiger charge is -2.15. The normalized spacial score (nSPS) is 13.2. The van der Waals surface area contributed by atoms with Crippen LogP contribution in [0.1, 0.15) is 24.0 Å². The van der Waals surface area contributed by atoms with Crippen LogP contribution in [0.2, 0.25) is 0 Å². The molecular weight excluding hydrogens is 425 g/mol. The summed E-state index contributed by atoms with van der Waals surface area (Å²) < 4.78 is 67.2. The Morgan fingerprint density at radius 3 is 2.10 bits per heavy atom. The average Bonchev–Trinajstić information content (AvgIpc) is 2.73. The van der Waals surface area contributed by atoms with E-state index in [1.807, 2.05) is 37.3 Å². The zero-order valence-electron chi connectivity index (χ0n) is 16.5. The maximum Gasteiger partial charge on any atom is 0.240 e. The molecule has 5 nitrogen and oxygen atoms in total. The lowest BCUT2D eigenvalue weighted by atomic mass is 10.0. The van der Waals surface area contributed by atoms with Crippen LogP contribution in [0.3, 0.4) is 0 Å². The Hall–Kier alpha value is -2.55. The number of hydrogen-bond acceptors (Lipinski definition) is 4. The third-order valence-corrected chi connectivity index (χ3v) is 8.16. The van der Waals surface area contributed by atoms with Crippen LogP contribution in [0.5, 0.6) is 0 Å². The fourth-order valence-corrected chi connectivity index (χ4v) is 5.76. The Bertz CT molecular complexity index is 1240. The average molecular weight is 448 g/mol. The van der Waals surface area contributed by atoms with Gasteiger partial charge < -0.3 is 0 Å². The second kappa shape index (κ2) is 8.67. The van der Waals surface area contributed by atoms with Gasteiger partial charge in [0, 0.05) is 6.54 Å². The van der Waals surface area contributed by atoms with E-state index >= 15 is 0 Å². The largest absolute Gasteiger partial charge is 0.240 e. The molecule has 30 heavy (non-hydrogen) atoms. The van der Waals surface area contributed by atoms with Crippen molar-refractivity contribution < 1.29 is 21.2 Å². The maximum absolute atomic E-state index is 13.1. The van der Waals surface area contributed by atoms with Gasteiger partial charge in [0.05, 0.1) is 14.7 Å². The summed E-state index contributed by atoms with van der Waals surface area (Å²) in [7, 11) is -7.93. The van der Waals surface area contributed by atoms with Crippen molar-refractivity contribution in [3.05, 3.63) is 89.7 Å². The number of rotatable bonds is 7. The predicted molar refractivity (Wildman–Crippen MR) is 113 cm³/mol. The number of hydrogen-bond donors (Lipinski definition) is 1. The molecule has 3 aromatic carbocycles. The van der Waals surface area contributed by atoms with E-state index in [-0.39, 0.29) is 27.1 Å². The fraction of sp³-hybridized carbons (Fsp3) is 0.182. The van der Waals surface area contributed by atoms with E-state index in [9.17, 15) is 21.2 Å². The summed E-state index contributed by atoms with van der Waals surface area (Å²) in [6, 6.07) is 17.8. The summed E-state index contributed by atoms with van der Waals surface area (Å²) in [6.45, 7) is 3.67. The zero-order valence-corrected chi connectivity index (χ0v) is 18.2. The molecule has 3 rings (SSSR count). The summed E-state index contributed by atoms with van der Waals surface area (Å²) in [5, 5.41) is 0. The molecule has 0 aliphatic heterocycles. The van der Waals surface area contributed by atoms with Crippen molar-refractivity contribution in [1.29, 1.82) is 0 Å². The van der Waals surface area contributed by atoms with Gasteiger partial charge in [0.25, 0.3) is 0 Å². The van der Waals surface area contributed by atoms with Crippen molar-refractivity contribution in [2.45, 2.75) is 34.5 Å². The van der Waals surface area contributed by atoms with Gasteiger partial charge in [-0.3, -0.25) is 0 Å². The molecule has 0 bridgehead atoms. The van der Waals surface area contributed by atoms with Crippen LogP contribution < -0.4 is 4.72 Å². The first kappa shape index (κ1) is 22.1. The molecule has 0 amide bonds. The van der Waals surface area contributed by atoms with Gasteiger partial charge in [-0.05, 0) is 60.4 Å². The number of halogens is 1. The molecule has 0 aromatic heterocycles. The quantitative estimate of drug-likeness (QED) is 0.554. The summed E-state index contributed by atoms with van der Waals surface area (Å²) >= 11 is 0. The molecule has 0 unspecified atom stereocenters. The van der Waals surface area contributed by atoms with Crippen molar-refractivity contribution in [3.63, 3.8) is 0 Å². The van der Waals surface area contributed by atoms with E-state index in [0.29, 0.717) is 5.56 Å². The van der Waals surface area contributed by atoms with Gasteiger partial charge in [0.1, 0.15) is 5.82 Å². The van der Waals surface area contributed by atoms with Crippen LogP contribution in [-0.2, 0) is 19.9 Å². The third-order valence-electron chi connectivity index (χ3n) is 4.83. The van der Waals surface area contributed by atoms with Crippen molar-refractivity contribution in [1.82, 2.24) is 4.72 Å². The summed E-state index contributed by atoms with van der Waals surface area (Å²) in [5.74, 6) is -0.620. The number of benzene rings is 3. The molecular formula is C22H22FNO4S2. The van der Waals surface area contributed by atoms with Crippen LogP contribution in [0.15, 0.2) is 87.5 Å². The highest BCUT2D eigenvalue weighted by Gasteiger charge is 2.24. The van der Waals surface area contributed by atoms with Crippen LogP contribution in [0.4, 0.5) is 4.39 Å². The topological polar surface area (TPSA) is 80.3 Å². The summed E-state index contributed by atoms with van der Waals surface area (Å²) in [5.41, 5.74) is 1.41. The number of aryl methyl sites for hydroxylation is 1. The van der Waals surface area contributed by atoms with Crippen LogP contribution in [0.25, 0.3) is 0 Å². The van der Waals surface area contributed by atoms with Crippen molar-refractivity contribution >= 4 is 19.9 Å². The van der Waals surface area contributed by atoms with Crippen LogP contribution in [0, 0.1) is 12.7 Å². The zero-order chi connectivity index (χ0) is 21.9. The first-order chi connectivity index (χ1) is 14.1. The molecule has 8 heteroatoms. The lowest BCUT2D eigenvalue weighted by molar-refractivity contribution is 0.574. The van der Waals surface area contributed by atoms with Gasteiger partial charge in [-0.2, -0.15) is 0 Å². The third kappa shape index (κ3) is 4.77. The number of sulfonamides is 1. The van der Waals surface area contributed by atoms with Crippen molar-refractivity contribution in [3.8, 4) is 0 Å². The monoisotopic (exact) mass is 447 g/mol. The van der Waals surface area contributed by atoms with Crippen molar-refractivity contribution in [2.24, 2.45) is 0 Å². The fourth-order valence-electron chi connectivity index (χ4n) is 3.00. The lowest BCUT2D eigenvalue weighted by Crippen LogP contribution is -2.28. The Balaban J connectivity index is 1.89. The molecule has 1 atom stereocenters. The minimum absolute atomic E-state index is 0.0626. The van der Waals surface area contributed by atoms with Crippen LogP contribution >= 0.6 is 0 Å². The van der Waals surface area contributed by atoms with E-state index in [0.717, 1.165) is 35.9 Å². The second-order valence-electron chi connectivity index (χ2n) is 7.05. The highest BCUT2D eigenvalue weighted by atomic mass is 32.2. The van der Waals surface area contributed by atoms with Crippen LogP contribution in [-0.4, -0.2) is 23.4 Å². The number of nitrogens with one attached hydrogen (secondary N) is 1. The van der Waals surface area contributed by atoms with Gasteiger partial charge in [0.2, 0.25) is 19.9 Å². The summed E-state index contributed by atoms with van der Waals surface area (Å²) in [6.07, 6.45) is 0. The van der Waals surface area contributed by atoms with Gasteiger partial charge >= 0.3 is 0 Å². The standard InChI is InChI=1S/C22H22FNO4S2/c1-16-8-11-21(29(25,26)20-12-9-19(23)10-13-20)14-22(16)30(27,28)24-15-17(2)18-6-4-3-5-7-18/h3-14,17,24H,15H2,1-2H3/t17-/m1/s1. The molecule has 0 fully saturated rings. The Morgan fingerprint density at radius 1 is 0.867 bits per heavy atom. The van der Waals surface area contributed by atoms with Gasteiger partial charge in [-0.1, -0.05) is 43.3 Å². The molecule has 0 aliphatic carbocycles. The molecule has 0 heterocycles. The minimum atomic E-state index is -3.99. The Kier molecular flexibility index (Phi) is 6.40. The molecule has 1 N–H and O–H groups in total. The number of sulfone groups is 1. The minimum Gasteiger partial charge on any atom is -0.219 e. The van der Waals surface area contributed by atoms with Gasteiger partial charge in [-0.15, -0.1) is 0 Å². The highest BCUT2D eigenvalue weighted by molar-refractivity contribution is 7.91. The van der Waals surface area contributed by atoms with E-state index in [1.165, 1.54) is 12.1 Å². The SMILES string of the molecule is Cc1ccc(S(=O)(=O)c2ccc(F)cc2)cc1S(=O)(=O)NC[C@@H](C)c1ccccc1. The molecule has 0 saturated heterocycles. The molecule has 0 spiro atoms. The van der Waals surface area contributed by atoms with E-state index in [1.54, 1.807) is 6.92 Å². The summed E-state index contributed by atoms with van der Waals surface area (Å²) in [4.78, 5) is -0.385. The molecule has 0 radical (unpaired) electrons. The molecule has 0 saturated carbocycles. The molecule has 158 valence electrons. The maximum atomic E-state index is 13.1. The Morgan fingerprint density at radius 2 is 1.47 bits per heavy atom. The van der Waals surface area contributed by atoms with E-state index < -0.39 is 25.7 Å². The molecule has 0 aliphatic rings. The first-order valence-electron chi connectivity index (χ1n) is 9.27. The first-order valence-corrected chi connectivity index (χ1v) is 12.2. The van der Waals surface area contributed by atoms with Gasteiger partial charge in [0.15, 0.2) is 0 Å². The molecule has 3 aromatic rings. The highest BCUT2D eigenvalue weighted by Crippen LogP contribution is 2.26. The van der Waals surface area contributed by atoms with Crippen molar-refractivity contribution in [2.75, 3.05) is 6.54 Å². The van der Waals surface area contributed by atoms with E-state index in [2.05, 4.69) is 4.72 Å².